The summed E-state index contributed by atoms with van der Waals surface area (Å²) in [5.74, 6) is -3.29. The molecule has 0 bridgehead atoms. The molecule has 1 aliphatic rings. The second-order valence-corrected chi connectivity index (χ2v) is 5.77. The van der Waals surface area contributed by atoms with Crippen LogP contribution in [0.15, 0.2) is 12.7 Å². The van der Waals surface area contributed by atoms with Crippen LogP contribution < -0.4 is 0 Å². The third-order valence-corrected chi connectivity index (χ3v) is 4.02. The molecule has 0 saturated heterocycles. The zero-order valence-corrected chi connectivity index (χ0v) is 14.3. The highest BCUT2D eigenvalue weighted by Gasteiger charge is 2.55. The van der Waals surface area contributed by atoms with Crippen molar-refractivity contribution in [3.63, 3.8) is 0 Å². The van der Waals surface area contributed by atoms with Crippen molar-refractivity contribution in [2.24, 2.45) is 5.92 Å². The van der Waals surface area contributed by atoms with Crippen molar-refractivity contribution >= 4 is 17.9 Å². The number of aliphatic hydroxyl groups excluding tert-OH is 2. The summed E-state index contributed by atoms with van der Waals surface area (Å²) < 4.78 is 15.5. The molecule has 0 spiro atoms. The molecule has 1 saturated carbocycles. The predicted molar refractivity (Wildman–Crippen MR) is 86.3 cm³/mol. The van der Waals surface area contributed by atoms with Crippen molar-refractivity contribution in [2.75, 3.05) is 26.4 Å². The van der Waals surface area contributed by atoms with Crippen LogP contribution in [0.2, 0.25) is 0 Å². The molecule has 0 amide bonds. The first-order valence-corrected chi connectivity index (χ1v) is 8.42. The zero-order valence-electron chi connectivity index (χ0n) is 14.3. The van der Waals surface area contributed by atoms with Crippen LogP contribution in [0.5, 0.6) is 0 Å². The van der Waals surface area contributed by atoms with Gasteiger partial charge in [0.25, 0.3) is 0 Å². The third-order valence-electron chi connectivity index (χ3n) is 4.02. The molecule has 8 heteroatoms. The van der Waals surface area contributed by atoms with Gasteiger partial charge in [0.1, 0.15) is 5.92 Å². The molecule has 0 aromatic heterocycles. The van der Waals surface area contributed by atoms with Gasteiger partial charge in [-0.15, -0.1) is 0 Å². The first-order valence-electron chi connectivity index (χ1n) is 8.42. The fourth-order valence-electron chi connectivity index (χ4n) is 2.77. The molecule has 0 aromatic carbocycles. The minimum Gasteiger partial charge on any atom is -0.465 e. The second kappa shape index (κ2) is 10.8. The number of hydrogen-bond acceptors (Lipinski definition) is 8. The maximum atomic E-state index is 12.6. The fourth-order valence-corrected chi connectivity index (χ4v) is 2.77. The van der Waals surface area contributed by atoms with Crippen molar-refractivity contribution in [2.45, 2.75) is 44.1 Å². The topological polar surface area (TPSA) is 119 Å². The number of rotatable bonds is 10. The molecule has 2 atom stereocenters. The number of ether oxygens (including phenoxy) is 3. The maximum Gasteiger partial charge on any atom is 0.351 e. The molecule has 2 unspecified atom stereocenters. The minimum atomic E-state index is -1.75. The van der Waals surface area contributed by atoms with Gasteiger partial charge >= 0.3 is 17.9 Å². The van der Waals surface area contributed by atoms with Crippen LogP contribution in [0.25, 0.3) is 0 Å². The van der Waals surface area contributed by atoms with Crippen LogP contribution >= 0.6 is 0 Å². The Morgan fingerprint density at radius 1 is 1.08 bits per heavy atom. The number of aliphatic hydroxyl groups is 2. The lowest BCUT2D eigenvalue weighted by molar-refractivity contribution is -0.198. The summed E-state index contributed by atoms with van der Waals surface area (Å²) in [5, 5.41) is 17.6. The molecule has 25 heavy (non-hydrogen) atoms. The van der Waals surface area contributed by atoms with Gasteiger partial charge in [-0.1, -0.05) is 13.0 Å². The molecular weight excluding hydrogens is 332 g/mol. The average Bonchev–Trinajstić information content (AvgIpc) is 2.62. The lowest BCUT2D eigenvalue weighted by atomic mass is 9.75. The molecule has 2 N–H and O–H groups in total. The van der Waals surface area contributed by atoms with Crippen LogP contribution in [0.1, 0.15) is 38.5 Å². The van der Waals surface area contributed by atoms with Crippen LogP contribution in [0, 0.1) is 5.92 Å². The van der Waals surface area contributed by atoms with Crippen molar-refractivity contribution in [3.8, 4) is 0 Å². The van der Waals surface area contributed by atoms with Crippen LogP contribution in [0.3, 0.4) is 0 Å². The van der Waals surface area contributed by atoms with E-state index in [2.05, 4.69) is 6.58 Å². The van der Waals surface area contributed by atoms with E-state index in [9.17, 15) is 14.4 Å². The Kier molecular flexibility index (Phi) is 9.15. The molecule has 1 rings (SSSR count). The number of esters is 3. The lowest BCUT2D eigenvalue weighted by Gasteiger charge is -2.39. The van der Waals surface area contributed by atoms with E-state index in [-0.39, 0.29) is 45.7 Å². The van der Waals surface area contributed by atoms with Crippen LogP contribution in [0.4, 0.5) is 0 Å². The molecule has 8 nitrogen and oxygen atoms in total. The van der Waals surface area contributed by atoms with Crippen molar-refractivity contribution < 1.29 is 38.8 Å². The third kappa shape index (κ3) is 5.82. The highest BCUT2D eigenvalue weighted by Crippen LogP contribution is 2.39. The largest absolute Gasteiger partial charge is 0.465 e. The maximum absolute atomic E-state index is 12.6. The Morgan fingerprint density at radius 3 is 2.32 bits per heavy atom. The van der Waals surface area contributed by atoms with E-state index in [1.54, 1.807) is 0 Å². The monoisotopic (exact) mass is 358 g/mol. The smallest absolute Gasteiger partial charge is 0.351 e. The van der Waals surface area contributed by atoms with E-state index < -0.39 is 29.4 Å². The highest BCUT2D eigenvalue weighted by molar-refractivity contribution is 5.92. The summed E-state index contributed by atoms with van der Waals surface area (Å²) in [5.41, 5.74) is -1.75. The summed E-state index contributed by atoms with van der Waals surface area (Å²) in [7, 11) is 0. The van der Waals surface area contributed by atoms with Gasteiger partial charge in [0.2, 0.25) is 5.60 Å². The molecule has 0 aromatic rings. The van der Waals surface area contributed by atoms with E-state index in [1.165, 1.54) is 0 Å². The standard InChI is InChI=1S/C17H26O8/c1-2-14(20)25-17(16(22)24-12-6-10-19)8-4-3-7-13(17)15(21)23-11-5-9-18/h2,13,18-19H,1,3-12H2. The first kappa shape index (κ1) is 21.1. The molecular formula is C17H26O8. The second-order valence-electron chi connectivity index (χ2n) is 5.77. The van der Waals surface area contributed by atoms with E-state index in [4.69, 9.17) is 24.4 Å². The quantitative estimate of drug-likeness (QED) is 0.251. The molecule has 1 aliphatic carbocycles. The summed E-state index contributed by atoms with van der Waals surface area (Å²) in [6.45, 7) is 3.00. The fraction of sp³-hybridized carbons (Fsp3) is 0.706. The molecule has 0 aliphatic heterocycles. The van der Waals surface area contributed by atoms with Crippen molar-refractivity contribution in [3.05, 3.63) is 12.7 Å². The van der Waals surface area contributed by atoms with E-state index in [0.29, 0.717) is 19.3 Å². The Hall–Kier alpha value is -1.93. The Morgan fingerprint density at radius 2 is 1.72 bits per heavy atom. The molecule has 142 valence electrons. The van der Waals surface area contributed by atoms with Gasteiger partial charge < -0.3 is 24.4 Å². The normalized spacial score (nSPS) is 22.7. The van der Waals surface area contributed by atoms with Crippen LogP contribution in [-0.4, -0.2) is 60.1 Å². The molecule has 1 fully saturated rings. The van der Waals surface area contributed by atoms with Gasteiger partial charge in [-0.2, -0.15) is 0 Å². The number of carbonyl (C=O) groups is 3. The number of carbonyl (C=O) groups excluding carboxylic acids is 3. The summed E-state index contributed by atoms with van der Waals surface area (Å²) in [6, 6.07) is 0. The van der Waals surface area contributed by atoms with Gasteiger partial charge in [-0.25, -0.2) is 9.59 Å². The van der Waals surface area contributed by atoms with Crippen LogP contribution in [-0.2, 0) is 28.6 Å². The Balaban J connectivity index is 3.01. The van der Waals surface area contributed by atoms with Gasteiger partial charge in [0.05, 0.1) is 13.2 Å². The van der Waals surface area contributed by atoms with E-state index in [0.717, 1.165) is 6.08 Å². The van der Waals surface area contributed by atoms with E-state index in [1.807, 2.05) is 0 Å². The lowest BCUT2D eigenvalue weighted by Crippen LogP contribution is -2.55. The molecule has 0 heterocycles. The Labute approximate surface area is 146 Å². The molecule has 0 radical (unpaired) electrons. The van der Waals surface area contributed by atoms with Crippen molar-refractivity contribution in [1.29, 1.82) is 0 Å². The van der Waals surface area contributed by atoms with Gasteiger partial charge in [-0.3, -0.25) is 4.79 Å². The predicted octanol–water partition coefficient (Wildman–Crippen LogP) is 0.496. The minimum absolute atomic E-state index is 0.0108. The zero-order chi connectivity index (χ0) is 18.7. The number of hydrogen-bond donors (Lipinski definition) is 2. The first-order chi connectivity index (χ1) is 12.0. The van der Waals surface area contributed by atoms with E-state index >= 15 is 0 Å². The summed E-state index contributed by atoms with van der Waals surface area (Å²) >= 11 is 0. The Bertz CT molecular complexity index is 475. The SMILES string of the molecule is C=CC(=O)OC1(C(=O)OCCCO)CCCCC1C(=O)OCCCO. The van der Waals surface area contributed by atoms with Crippen molar-refractivity contribution in [1.82, 2.24) is 0 Å². The average molecular weight is 358 g/mol. The highest BCUT2D eigenvalue weighted by atomic mass is 16.6. The van der Waals surface area contributed by atoms with Gasteiger partial charge in [-0.05, 0) is 19.3 Å². The van der Waals surface area contributed by atoms with Gasteiger partial charge in [0, 0.05) is 32.1 Å². The summed E-state index contributed by atoms with van der Waals surface area (Å²) in [4.78, 5) is 36.8. The summed E-state index contributed by atoms with van der Waals surface area (Å²) in [6.07, 6.45) is 3.16. The van der Waals surface area contributed by atoms with Gasteiger partial charge in [0.15, 0.2) is 0 Å².